The average molecular weight is 414 g/mol. The van der Waals surface area contributed by atoms with Crippen LogP contribution in [-0.2, 0) is 6.54 Å². The second kappa shape index (κ2) is 10.5. The first-order valence-corrected chi connectivity index (χ1v) is 6.37. The lowest BCUT2D eigenvalue weighted by Crippen LogP contribution is -2.34. The minimum Gasteiger partial charge on any atom is -0.472 e. The van der Waals surface area contributed by atoms with Gasteiger partial charge in [0.15, 0.2) is 12.6 Å². The van der Waals surface area contributed by atoms with Gasteiger partial charge in [0, 0.05) is 18.8 Å². The van der Waals surface area contributed by atoms with Gasteiger partial charge in [-0.2, -0.15) is 0 Å². The van der Waals surface area contributed by atoms with Crippen molar-refractivity contribution in [2.24, 2.45) is 16.6 Å². The molecule has 0 bridgehead atoms. The maximum absolute atomic E-state index is 12.0. The summed E-state index contributed by atoms with van der Waals surface area (Å²) in [6.45, 7) is 4.54. The lowest BCUT2D eigenvalue weighted by atomic mass is 10.2. The standard InChI is InChI=1S/C13H20F2N4O.HI/c1-9(2)6-18-13(16)19-7-10-3-4-17-12(5-10)20-8-11(14)15;/h3-5,9,11H,6-8H2,1-2H3,(H3,16,18,19);1H. The van der Waals surface area contributed by atoms with E-state index in [4.69, 9.17) is 10.5 Å². The smallest absolute Gasteiger partial charge is 0.272 e. The second-order valence-electron chi connectivity index (χ2n) is 4.68. The van der Waals surface area contributed by atoms with Gasteiger partial charge in [0.25, 0.3) is 6.43 Å². The topological polar surface area (TPSA) is 72.5 Å². The maximum Gasteiger partial charge on any atom is 0.272 e. The quantitative estimate of drug-likeness (QED) is 0.409. The zero-order valence-corrected chi connectivity index (χ0v) is 14.4. The summed E-state index contributed by atoms with van der Waals surface area (Å²) >= 11 is 0. The number of guanidine groups is 1. The second-order valence-corrected chi connectivity index (χ2v) is 4.68. The van der Waals surface area contributed by atoms with Crippen LogP contribution in [0.5, 0.6) is 5.88 Å². The molecule has 0 amide bonds. The fourth-order valence-corrected chi connectivity index (χ4v) is 1.32. The normalized spacial score (nSPS) is 11.4. The summed E-state index contributed by atoms with van der Waals surface area (Å²) in [5, 5.41) is 2.99. The first kappa shape index (κ1) is 19.8. The number of aromatic nitrogens is 1. The van der Waals surface area contributed by atoms with E-state index in [9.17, 15) is 8.78 Å². The molecule has 3 N–H and O–H groups in total. The zero-order valence-electron chi connectivity index (χ0n) is 12.1. The van der Waals surface area contributed by atoms with Crippen LogP contribution in [-0.4, -0.2) is 30.5 Å². The minimum atomic E-state index is -2.52. The number of aliphatic imine (C=N–C) groups is 1. The molecule has 1 aromatic rings. The molecule has 1 heterocycles. The van der Waals surface area contributed by atoms with Gasteiger partial charge in [-0.15, -0.1) is 24.0 Å². The van der Waals surface area contributed by atoms with E-state index < -0.39 is 13.0 Å². The molecule has 0 aliphatic rings. The number of hydrogen-bond donors (Lipinski definition) is 2. The highest BCUT2D eigenvalue weighted by molar-refractivity contribution is 14.0. The lowest BCUT2D eigenvalue weighted by molar-refractivity contribution is 0.0795. The third kappa shape index (κ3) is 9.38. The fraction of sp³-hybridized carbons (Fsp3) is 0.538. The summed E-state index contributed by atoms with van der Waals surface area (Å²) in [5.41, 5.74) is 6.49. The molecule has 8 heteroatoms. The van der Waals surface area contributed by atoms with Crippen LogP contribution >= 0.6 is 24.0 Å². The molecule has 1 aromatic heterocycles. The molecule has 0 aromatic carbocycles. The van der Waals surface area contributed by atoms with E-state index in [1.165, 1.54) is 6.20 Å². The molecule has 0 saturated carbocycles. The van der Waals surface area contributed by atoms with E-state index in [2.05, 4.69) is 29.1 Å². The number of hydrogen-bond acceptors (Lipinski definition) is 3. The van der Waals surface area contributed by atoms with Crippen LogP contribution in [0.4, 0.5) is 8.78 Å². The molecule has 0 radical (unpaired) electrons. The molecule has 0 spiro atoms. The van der Waals surface area contributed by atoms with Gasteiger partial charge in [-0.3, -0.25) is 0 Å². The van der Waals surface area contributed by atoms with Crippen LogP contribution < -0.4 is 15.8 Å². The Bertz CT molecular complexity index is 444. The third-order valence-corrected chi connectivity index (χ3v) is 2.28. The predicted octanol–water partition coefficient (Wildman–Crippen LogP) is 2.40. The highest BCUT2D eigenvalue weighted by atomic mass is 127. The number of ether oxygens (including phenoxy) is 1. The number of nitrogens with one attached hydrogen (secondary N) is 1. The summed E-state index contributed by atoms with van der Waals surface area (Å²) in [7, 11) is 0. The zero-order chi connectivity index (χ0) is 15.0. The van der Waals surface area contributed by atoms with Crippen molar-refractivity contribution >= 4 is 29.9 Å². The number of nitrogens with zero attached hydrogens (tertiary/aromatic N) is 2. The van der Waals surface area contributed by atoms with Gasteiger partial charge in [0.05, 0.1) is 6.54 Å². The number of nitrogens with two attached hydrogens (primary N) is 1. The Morgan fingerprint density at radius 2 is 2.19 bits per heavy atom. The molecule has 1 rings (SSSR count). The average Bonchev–Trinajstić information content (AvgIpc) is 2.41. The van der Waals surface area contributed by atoms with Crippen molar-refractivity contribution in [1.82, 2.24) is 10.3 Å². The Labute approximate surface area is 140 Å². The molecule has 0 aliphatic heterocycles. The van der Waals surface area contributed by atoms with Gasteiger partial charge in [0.2, 0.25) is 5.88 Å². The molecule has 0 aliphatic carbocycles. The van der Waals surface area contributed by atoms with Crippen molar-refractivity contribution in [1.29, 1.82) is 0 Å². The van der Waals surface area contributed by atoms with Gasteiger partial charge in [0.1, 0.15) is 0 Å². The van der Waals surface area contributed by atoms with Gasteiger partial charge in [-0.25, -0.2) is 18.8 Å². The molecule has 0 unspecified atom stereocenters. The van der Waals surface area contributed by atoms with E-state index in [0.717, 1.165) is 12.1 Å². The first-order chi connectivity index (χ1) is 9.47. The molecule has 0 saturated heterocycles. The Kier molecular flexibility index (Phi) is 9.93. The third-order valence-electron chi connectivity index (χ3n) is 2.28. The summed E-state index contributed by atoms with van der Waals surface area (Å²) < 4.78 is 28.9. The van der Waals surface area contributed by atoms with Gasteiger partial charge >= 0.3 is 0 Å². The van der Waals surface area contributed by atoms with E-state index in [0.29, 0.717) is 18.4 Å². The van der Waals surface area contributed by atoms with Crippen LogP contribution in [0.3, 0.4) is 0 Å². The first-order valence-electron chi connectivity index (χ1n) is 6.37. The molecule has 120 valence electrons. The molecular formula is C13H21F2IN4O. The van der Waals surface area contributed by atoms with Gasteiger partial charge in [-0.1, -0.05) is 13.8 Å². The summed E-state index contributed by atoms with van der Waals surface area (Å²) in [4.78, 5) is 8.00. The van der Waals surface area contributed by atoms with Crippen LogP contribution in [0, 0.1) is 5.92 Å². The van der Waals surface area contributed by atoms with Crippen molar-refractivity contribution in [2.75, 3.05) is 13.2 Å². The number of pyridine rings is 1. The van der Waals surface area contributed by atoms with Crippen molar-refractivity contribution in [3.05, 3.63) is 23.9 Å². The molecular weight excluding hydrogens is 393 g/mol. The summed E-state index contributed by atoms with van der Waals surface area (Å²) in [6.07, 6.45) is -1.03. The monoisotopic (exact) mass is 414 g/mol. The Morgan fingerprint density at radius 3 is 2.81 bits per heavy atom. The van der Waals surface area contributed by atoms with E-state index >= 15 is 0 Å². The van der Waals surface area contributed by atoms with E-state index in [1.807, 2.05) is 0 Å². The van der Waals surface area contributed by atoms with Gasteiger partial charge in [-0.05, 0) is 17.5 Å². The highest BCUT2D eigenvalue weighted by Gasteiger charge is 2.05. The summed E-state index contributed by atoms with van der Waals surface area (Å²) in [5.74, 6) is 0.983. The van der Waals surface area contributed by atoms with Crippen LogP contribution in [0.25, 0.3) is 0 Å². The van der Waals surface area contributed by atoms with Crippen LogP contribution in [0.15, 0.2) is 23.3 Å². The summed E-state index contributed by atoms with van der Waals surface area (Å²) in [6, 6.07) is 3.30. The molecule has 0 atom stereocenters. The largest absolute Gasteiger partial charge is 0.472 e. The predicted molar refractivity (Wildman–Crippen MR) is 89.3 cm³/mol. The SMILES string of the molecule is CC(C)CNC(N)=NCc1ccnc(OCC(F)F)c1.I. The van der Waals surface area contributed by atoms with Crippen molar-refractivity contribution in [2.45, 2.75) is 26.8 Å². The van der Waals surface area contributed by atoms with Crippen molar-refractivity contribution in [3.8, 4) is 5.88 Å². The molecule has 0 fully saturated rings. The molecule has 5 nitrogen and oxygen atoms in total. The number of alkyl halides is 2. The van der Waals surface area contributed by atoms with Gasteiger partial charge < -0.3 is 15.8 Å². The Morgan fingerprint density at radius 1 is 1.48 bits per heavy atom. The lowest BCUT2D eigenvalue weighted by Gasteiger charge is -2.08. The van der Waals surface area contributed by atoms with Crippen LogP contribution in [0.1, 0.15) is 19.4 Å². The fourth-order valence-electron chi connectivity index (χ4n) is 1.32. The van der Waals surface area contributed by atoms with Crippen molar-refractivity contribution < 1.29 is 13.5 Å². The highest BCUT2D eigenvalue weighted by Crippen LogP contribution is 2.11. The van der Waals surface area contributed by atoms with E-state index in [1.54, 1.807) is 12.1 Å². The molecule has 21 heavy (non-hydrogen) atoms. The Balaban J connectivity index is 0.00000400. The minimum absolute atomic E-state index is 0. The Hall–Kier alpha value is -1.19. The van der Waals surface area contributed by atoms with Crippen LogP contribution in [0.2, 0.25) is 0 Å². The number of halogens is 3. The van der Waals surface area contributed by atoms with E-state index in [-0.39, 0.29) is 29.9 Å². The van der Waals surface area contributed by atoms with Crippen molar-refractivity contribution in [3.63, 3.8) is 0 Å². The number of rotatable bonds is 7. The maximum atomic E-state index is 12.0.